The quantitative estimate of drug-likeness (QED) is 0.845. The van der Waals surface area contributed by atoms with Gasteiger partial charge < -0.3 is 4.52 Å². The highest BCUT2D eigenvalue weighted by atomic mass is 32.2. The largest absolute Gasteiger partial charge is 0.339 e. The molecule has 1 saturated carbocycles. The second kappa shape index (κ2) is 6.64. The Labute approximate surface area is 131 Å². The summed E-state index contributed by atoms with van der Waals surface area (Å²) in [5.41, 5.74) is 0. The topological polar surface area (TPSA) is 88.3 Å². The molecule has 2 aliphatic rings. The summed E-state index contributed by atoms with van der Waals surface area (Å²) in [7, 11) is -3.11. The van der Waals surface area contributed by atoms with Crippen LogP contribution in [-0.4, -0.2) is 48.3 Å². The van der Waals surface area contributed by atoms with Crippen molar-refractivity contribution < 1.29 is 12.9 Å². The maximum absolute atomic E-state index is 11.6. The number of aromatic nitrogens is 2. The highest BCUT2D eigenvalue weighted by molar-refractivity contribution is 7.89. The van der Waals surface area contributed by atoms with Gasteiger partial charge in [0.15, 0.2) is 5.82 Å². The molecule has 1 aromatic heterocycles. The molecule has 0 unspecified atom stereocenters. The average molecular weight is 328 g/mol. The molecular weight excluding hydrogens is 304 g/mol. The van der Waals surface area contributed by atoms with Gasteiger partial charge in [-0.2, -0.15) is 4.98 Å². The summed E-state index contributed by atoms with van der Waals surface area (Å²) < 4.78 is 31.3. The van der Waals surface area contributed by atoms with Crippen LogP contribution < -0.4 is 4.72 Å². The Balaban J connectivity index is 1.46. The molecule has 1 aliphatic carbocycles. The van der Waals surface area contributed by atoms with E-state index in [1.165, 1.54) is 6.42 Å². The number of hydrogen-bond acceptors (Lipinski definition) is 6. The zero-order chi connectivity index (χ0) is 15.6. The lowest BCUT2D eigenvalue weighted by Gasteiger charge is -2.31. The van der Waals surface area contributed by atoms with Crippen molar-refractivity contribution >= 4 is 10.0 Å². The first-order valence-electron chi connectivity index (χ1n) is 8.10. The summed E-state index contributed by atoms with van der Waals surface area (Å²) >= 11 is 0. The minimum absolute atomic E-state index is 0.0528. The average Bonchev–Trinajstić information content (AvgIpc) is 2.87. The van der Waals surface area contributed by atoms with Gasteiger partial charge in [-0.1, -0.05) is 11.6 Å². The van der Waals surface area contributed by atoms with Gasteiger partial charge in [-0.15, -0.1) is 0 Å². The molecule has 7 nitrogen and oxygen atoms in total. The van der Waals surface area contributed by atoms with Gasteiger partial charge in [-0.3, -0.25) is 4.90 Å². The van der Waals surface area contributed by atoms with Gasteiger partial charge >= 0.3 is 0 Å². The van der Waals surface area contributed by atoms with E-state index in [1.54, 1.807) is 6.92 Å². The van der Waals surface area contributed by atoms with E-state index in [1.807, 2.05) is 0 Å². The van der Waals surface area contributed by atoms with E-state index in [0.717, 1.165) is 50.5 Å². The maximum Gasteiger partial charge on any atom is 0.229 e. The number of nitrogens with zero attached hydrogens (tertiary/aromatic N) is 3. The normalized spacial score (nSPS) is 21.9. The van der Waals surface area contributed by atoms with Crippen molar-refractivity contribution in [3.63, 3.8) is 0 Å². The van der Waals surface area contributed by atoms with E-state index in [2.05, 4.69) is 19.8 Å². The van der Waals surface area contributed by atoms with Gasteiger partial charge in [-0.05, 0) is 32.6 Å². The number of nitrogens with one attached hydrogen (secondary N) is 1. The molecule has 1 aliphatic heterocycles. The number of likely N-dealkylation sites (tertiary alicyclic amines) is 1. The first kappa shape index (κ1) is 15.9. The smallest absolute Gasteiger partial charge is 0.229 e. The van der Waals surface area contributed by atoms with Gasteiger partial charge in [-0.25, -0.2) is 13.1 Å². The lowest BCUT2D eigenvalue weighted by Crippen LogP contribution is -2.44. The molecule has 0 aromatic carbocycles. The van der Waals surface area contributed by atoms with Gasteiger partial charge in [0, 0.05) is 25.0 Å². The van der Waals surface area contributed by atoms with Crippen molar-refractivity contribution in [1.82, 2.24) is 19.8 Å². The summed E-state index contributed by atoms with van der Waals surface area (Å²) in [6.45, 7) is 4.05. The summed E-state index contributed by atoms with van der Waals surface area (Å²) in [6.07, 6.45) is 5.22. The van der Waals surface area contributed by atoms with Crippen molar-refractivity contribution in [1.29, 1.82) is 0 Å². The fourth-order valence-electron chi connectivity index (χ4n) is 2.90. The lowest BCUT2D eigenvalue weighted by molar-refractivity contribution is 0.193. The fourth-order valence-corrected chi connectivity index (χ4v) is 3.81. The van der Waals surface area contributed by atoms with Crippen LogP contribution in [0.5, 0.6) is 0 Å². The third kappa shape index (κ3) is 3.85. The monoisotopic (exact) mass is 328 g/mol. The zero-order valence-electron chi connectivity index (χ0n) is 13.0. The molecule has 0 amide bonds. The van der Waals surface area contributed by atoms with E-state index < -0.39 is 10.0 Å². The van der Waals surface area contributed by atoms with E-state index in [0.29, 0.717) is 12.5 Å². The molecule has 0 atom stereocenters. The minimum atomic E-state index is -3.11. The highest BCUT2D eigenvalue weighted by Gasteiger charge is 2.27. The zero-order valence-corrected chi connectivity index (χ0v) is 13.8. The van der Waals surface area contributed by atoms with Crippen molar-refractivity contribution in [2.75, 3.05) is 18.8 Å². The molecule has 22 heavy (non-hydrogen) atoms. The Hall–Kier alpha value is -0.990. The molecular formula is C14H24N4O3S. The van der Waals surface area contributed by atoms with E-state index >= 15 is 0 Å². The molecule has 0 spiro atoms. The Bertz CT molecular complexity index is 589. The molecule has 1 N–H and O–H groups in total. The van der Waals surface area contributed by atoms with E-state index in [9.17, 15) is 8.42 Å². The van der Waals surface area contributed by atoms with Crippen molar-refractivity contribution in [2.24, 2.45) is 0 Å². The first-order valence-corrected chi connectivity index (χ1v) is 9.76. The van der Waals surface area contributed by atoms with Crippen LogP contribution in [0.15, 0.2) is 4.52 Å². The SMILES string of the molecule is CCS(=O)(=O)NC1CCN(Cc2noc(C3CCC3)n2)CC1. The van der Waals surface area contributed by atoms with E-state index in [-0.39, 0.29) is 11.8 Å². The Morgan fingerprint density at radius 2 is 2.00 bits per heavy atom. The third-order valence-electron chi connectivity index (χ3n) is 4.62. The van der Waals surface area contributed by atoms with Crippen LogP contribution >= 0.6 is 0 Å². The number of sulfonamides is 1. The Kier molecular flexibility index (Phi) is 4.79. The lowest BCUT2D eigenvalue weighted by atomic mass is 9.85. The highest BCUT2D eigenvalue weighted by Crippen LogP contribution is 2.35. The summed E-state index contributed by atoms with van der Waals surface area (Å²) in [4.78, 5) is 6.74. The van der Waals surface area contributed by atoms with Crippen LogP contribution in [0.4, 0.5) is 0 Å². The molecule has 0 radical (unpaired) electrons. The Morgan fingerprint density at radius 3 is 2.59 bits per heavy atom. The van der Waals surface area contributed by atoms with Crippen molar-refractivity contribution in [3.05, 3.63) is 11.7 Å². The predicted molar refractivity (Wildman–Crippen MR) is 81.8 cm³/mol. The molecule has 2 heterocycles. The summed E-state index contributed by atoms with van der Waals surface area (Å²) in [5.74, 6) is 2.14. The molecule has 1 saturated heterocycles. The predicted octanol–water partition coefficient (Wildman–Crippen LogP) is 1.24. The molecule has 0 bridgehead atoms. The molecule has 8 heteroatoms. The van der Waals surface area contributed by atoms with Crippen LogP contribution in [0.2, 0.25) is 0 Å². The Morgan fingerprint density at radius 1 is 1.27 bits per heavy atom. The number of hydrogen-bond donors (Lipinski definition) is 1. The van der Waals surface area contributed by atoms with Crippen molar-refractivity contribution in [2.45, 2.75) is 57.5 Å². The molecule has 124 valence electrons. The fraction of sp³-hybridized carbons (Fsp3) is 0.857. The maximum atomic E-state index is 11.6. The van der Waals surface area contributed by atoms with Crippen LogP contribution in [0, 0.1) is 0 Å². The molecule has 2 fully saturated rings. The molecule has 1 aromatic rings. The van der Waals surface area contributed by atoms with Crippen LogP contribution in [-0.2, 0) is 16.6 Å². The third-order valence-corrected chi connectivity index (χ3v) is 6.07. The van der Waals surface area contributed by atoms with Crippen LogP contribution in [0.1, 0.15) is 56.7 Å². The van der Waals surface area contributed by atoms with Gasteiger partial charge in [0.05, 0.1) is 12.3 Å². The van der Waals surface area contributed by atoms with E-state index in [4.69, 9.17) is 4.52 Å². The standard InChI is InChI=1S/C14H24N4O3S/c1-2-22(19,20)17-12-6-8-18(9-7-12)10-13-15-14(21-16-13)11-4-3-5-11/h11-12,17H,2-10H2,1H3. The van der Waals surface area contributed by atoms with Gasteiger partial charge in [0.1, 0.15) is 0 Å². The van der Waals surface area contributed by atoms with Crippen molar-refractivity contribution in [3.8, 4) is 0 Å². The first-order chi connectivity index (χ1) is 10.6. The summed E-state index contributed by atoms with van der Waals surface area (Å²) in [5, 5.41) is 4.07. The van der Waals surface area contributed by atoms with Crippen LogP contribution in [0.3, 0.4) is 0 Å². The second-order valence-electron chi connectivity index (χ2n) is 6.25. The minimum Gasteiger partial charge on any atom is -0.339 e. The van der Waals surface area contributed by atoms with Crippen LogP contribution in [0.25, 0.3) is 0 Å². The second-order valence-corrected chi connectivity index (χ2v) is 8.29. The number of piperidine rings is 1. The van der Waals surface area contributed by atoms with Gasteiger partial charge in [0.2, 0.25) is 15.9 Å². The number of rotatable bonds is 6. The molecule has 3 rings (SSSR count). The summed E-state index contributed by atoms with van der Waals surface area (Å²) in [6, 6.07) is 0.0528. The van der Waals surface area contributed by atoms with Gasteiger partial charge in [0.25, 0.3) is 0 Å².